The van der Waals surface area contributed by atoms with E-state index in [1.165, 1.54) is 0 Å². The van der Waals surface area contributed by atoms with Crippen LogP contribution in [0.15, 0.2) is 16.8 Å². The van der Waals surface area contributed by atoms with Crippen molar-refractivity contribution in [2.24, 2.45) is 10.7 Å². The van der Waals surface area contributed by atoms with Gasteiger partial charge in [0.05, 0.1) is 0 Å². The number of nitrogens with zero attached hydrogens (tertiary/aromatic N) is 1. The zero-order valence-corrected chi connectivity index (χ0v) is 5.39. The molecule has 0 saturated carbocycles. The predicted octanol–water partition coefficient (Wildman–Crippen LogP) is 0.938. The Kier molecular flexibility index (Phi) is 3.12. The molecule has 2 nitrogen and oxygen atoms in total. The van der Waals surface area contributed by atoms with E-state index in [0.29, 0.717) is 0 Å². The molecule has 0 saturated heterocycles. The van der Waals surface area contributed by atoms with Gasteiger partial charge < -0.3 is 5.73 Å². The van der Waals surface area contributed by atoms with E-state index in [1.807, 2.05) is 19.9 Å². The van der Waals surface area contributed by atoms with E-state index < -0.39 is 0 Å². The van der Waals surface area contributed by atoms with Gasteiger partial charge in [-0.1, -0.05) is 0 Å². The van der Waals surface area contributed by atoms with Crippen LogP contribution in [0.25, 0.3) is 0 Å². The third-order valence-corrected chi connectivity index (χ3v) is 0.753. The predicted molar refractivity (Wildman–Crippen MR) is 37.0 cm³/mol. The van der Waals surface area contributed by atoms with E-state index in [1.54, 1.807) is 0 Å². The van der Waals surface area contributed by atoms with Gasteiger partial charge in [0, 0.05) is 11.7 Å². The monoisotopic (exact) mass is 112 g/mol. The fourth-order valence-electron chi connectivity index (χ4n) is 0.433. The summed E-state index contributed by atoms with van der Waals surface area (Å²) in [6.07, 6.45) is 1.85. The molecule has 2 heteroatoms. The number of hydrogen-bond acceptors (Lipinski definition) is 2. The van der Waals surface area contributed by atoms with Gasteiger partial charge in [-0.15, -0.1) is 0 Å². The molecule has 0 radical (unpaired) electrons. The first-order chi connectivity index (χ1) is 3.66. The Morgan fingerprint density at radius 3 is 2.50 bits per heavy atom. The van der Waals surface area contributed by atoms with Crippen LogP contribution < -0.4 is 5.73 Å². The first-order valence-electron chi connectivity index (χ1n) is 2.57. The van der Waals surface area contributed by atoms with E-state index in [-0.39, 0.29) is 6.04 Å². The molecule has 1 unspecified atom stereocenters. The zero-order chi connectivity index (χ0) is 6.57. The number of hydrogen-bond donors (Lipinski definition) is 1. The minimum absolute atomic E-state index is 0.0838. The largest absolute Gasteiger partial charge is 0.325 e. The van der Waals surface area contributed by atoms with Crippen LogP contribution in [-0.2, 0) is 0 Å². The molecule has 0 aliphatic rings. The number of rotatable bonds is 2. The van der Waals surface area contributed by atoms with Crippen LogP contribution in [0.4, 0.5) is 0 Å². The van der Waals surface area contributed by atoms with Crippen molar-refractivity contribution in [3.05, 3.63) is 11.8 Å². The maximum absolute atomic E-state index is 5.40. The van der Waals surface area contributed by atoms with Gasteiger partial charge in [0.1, 0.15) is 0 Å². The summed E-state index contributed by atoms with van der Waals surface area (Å²) in [7, 11) is 0. The Labute approximate surface area is 50.1 Å². The van der Waals surface area contributed by atoms with Gasteiger partial charge in [-0.2, -0.15) is 0 Å². The van der Waals surface area contributed by atoms with Gasteiger partial charge in [0.25, 0.3) is 0 Å². The first-order valence-corrected chi connectivity index (χ1v) is 2.57. The highest BCUT2D eigenvalue weighted by molar-refractivity contribution is 5.28. The van der Waals surface area contributed by atoms with E-state index in [4.69, 9.17) is 5.73 Å². The Bertz CT molecular complexity index is 103. The lowest BCUT2D eigenvalue weighted by Gasteiger charge is -1.94. The Hall–Kier alpha value is -0.630. The van der Waals surface area contributed by atoms with Crippen molar-refractivity contribution in [3.8, 4) is 0 Å². The van der Waals surface area contributed by atoms with Crippen LogP contribution in [-0.4, -0.2) is 12.8 Å². The summed E-state index contributed by atoms with van der Waals surface area (Å²) in [6.45, 7) is 7.11. The number of aliphatic imine (C=N–C) groups is 1. The van der Waals surface area contributed by atoms with Gasteiger partial charge in [0.2, 0.25) is 0 Å². The van der Waals surface area contributed by atoms with Gasteiger partial charge in [0.15, 0.2) is 0 Å². The minimum atomic E-state index is 0.0838. The highest BCUT2D eigenvalue weighted by Gasteiger charge is 1.85. The van der Waals surface area contributed by atoms with Gasteiger partial charge in [-0.05, 0) is 26.6 Å². The van der Waals surface area contributed by atoms with Gasteiger partial charge >= 0.3 is 0 Å². The van der Waals surface area contributed by atoms with E-state index in [9.17, 15) is 0 Å². The van der Waals surface area contributed by atoms with Crippen LogP contribution in [0.3, 0.4) is 0 Å². The number of allylic oxidation sites excluding steroid dienone is 1. The van der Waals surface area contributed by atoms with E-state index in [2.05, 4.69) is 11.7 Å². The Morgan fingerprint density at radius 1 is 1.88 bits per heavy atom. The molecule has 0 aliphatic heterocycles. The van der Waals surface area contributed by atoms with Crippen molar-refractivity contribution < 1.29 is 0 Å². The molecule has 0 aromatic heterocycles. The Morgan fingerprint density at radius 2 is 2.38 bits per heavy atom. The lowest BCUT2D eigenvalue weighted by molar-refractivity contribution is 0.911. The van der Waals surface area contributed by atoms with Crippen LogP contribution in [0.5, 0.6) is 0 Å². The highest BCUT2D eigenvalue weighted by Crippen LogP contribution is 1.92. The summed E-state index contributed by atoms with van der Waals surface area (Å²) >= 11 is 0. The fourth-order valence-corrected chi connectivity index (χ4v) is 0.433. The molecule has 0 amide bonds. The second kappa shape index (κ2) is 3.38. The maximum atomic E-state index is 5.40. The normalized spacial score (nSPS) is 15.6. The molecule has 0 spiro atoms. The second-order valence-electron chi connectivity index (χ2n) is 1.83. The second-order valence-corrected chi connectivity index (χ2v) is 1.83. The molecule has 1 atom stereocenters. The highest BCUT2D eigenvalue weighted by atomic mass is 14.7. The lowest BCUT2D eigenvalue weighted by atomic mass is 10.3. The van der Waals surface area contributed by atoms with Crippen LogP contribution >= 0.6 is 0 Å². The summed E-state index contributed by atoms with van der Waals surface area (Å²) < 4.78 is 0. The number of nitrogens with two attached hydrogens (primary N) is 1. The molecule has 0 rings (SSSR count). The lowest BCUT2D eigenvalue weighted by Crippen LogP contribution is -2.10. The van der Waals surface area contributed by atoms with Crippen LogP contribution in [0, 0.1) is 0 Å². The molecule has 0 fully saturated rings. The third-order valence-electron chi connectivity index (χ3n) is 0.753. The quantitative estimate of drug-likeness (QED) is 0.530. The van der Waals surface area contributed by atoms with Crippen molar-refractivity contribution >= 4 is 6.72 Å². The minimum Gasteiger partial charge on any atom is -0.325 e. The fraction of sp³-hybridized carbons (Fsp3) is 0.500. The van der Waals surface area contributed by atoms with Crippen molar-refractivity contribution in [2.45, 2.75) is 19.9 Å². The molecule has 0 aromatic rings. The van der Waals surface area contributed by atoms with Crippen molar-refractivity contribution in [3.63, 3.8) is 0 Å². The SMILES string of the molecule is C=N/C(C)=C\C(C)N. The average Bonchev–Trinajstić information content (AvgIpc) is 1.65. The first kappa shape index (κ1) is 7.37. The standard InChI is InChI=1S/C6H12N2/c1-5(7)4-6(2)8-3/h4-5H,3,7H2,1-2H3/b6-4-. The van der Waals surface area contributed by atoms with Crippen molar-refractivity contribution in [1.29, 1.82) is 0 Å². The van der Waals surface area contributed by atoms with Crippen molar-refractivity contribution in [2.75, 3.05) is 0 Å². The van der Waals surface area contributed by atoms with Crippen LogP contribution in [0.2, 0.25) is 0 Å². The molecule has 0 aliphatic carbocycles. The summed E-state index contributed by atoms with van der Waals surface area (Å²) in [6, 6.07) is 0.0838. The summed E-state index contributed by atoms with van der Waals surface area (Å²) in [5, 5.41) is 0. The van der Waals surface area contributed by atoms with Gasteiger partial charge in [-0.25, -0.2) is 0 Å². The average molecular weight is 112 g/mol. The molecule has 0 bridgehead atoms. The molecule has 8 heavy (non-hydrogen) atoms. The summed E-state index contributed by atoms with van der Waals surface area (Å²) in [5.41, 5.74) is 6.29. The Balaban J connectivity index is 3.74. The molecule has 46 valence electrons. The molecule has 0 heterocycles. The third kappa shape index (κ3) is 3.56. The molecular formula is C6H12N2. The smallest absolute Gasteiger partial charge is 0.0340 e. The van der Waals surface area contributed by atoms with Gasteiger partial charge in [-0.3, -0.25) is 4.99 Å². The maximum Gasteiger partial charge on any atom is 0.0340 e. The zero-order valence-electron chi connectivity index (χ0n) is 5.39. The summed E-state index contributed by atoms with van der Waals surface area (Å²) in [4.78, 5) is 3.66. The summed E-state index contributed by atoms with van der Waals surface area (Å²) in [5.74, 6) is 0. The van der Waals surface area contributed by atoms with Crippen LogP contribution in [0.1, 0.15) is 13.8 Å². The topological polar surface area (TPSA) is 38.4 Å². The molecular weight excluding hydrogens is 100 g/mol. The molecule has 2 N–H and O–H groups in total. The van der Waals surface area contributed by atoms with Crippen molar-refractivity contribution in [1.82, 2.24) is 0 Å². The van der Waals surface area contributed by atoms with E-state index in [0.717, 1.165) is 5.70 Å². The van der Waals surface area contributed by atoms with E-state index >= 15 is 0 Å². The molecule has 0 aromatic carbocycles.